The van der Waals surface area contributed by atoms with E-state index in [9.17, 15) is 18.4 Å². The number of hydrogen-bond donors (Lipinski definition) is 1. The second-order valence-electron chi connectivity index (χ2n) is 3.46. The molecular formula is C8H11F2NO3. The molecule has 1 N–H and O–H groups in total. The molecule has 1 amide bonds. The number of amides is 1. The SMILES string of the molecule is CC(=O)N1CC(F)(F)CC1CC(=O)O. The predicted molar refractivity (Wildman–Crippen MR) is 43.0 cm³/mol. The molecule has 1 fully saturated rings. The maximum atomic E-state index is 12.9. The van der Waals surface area contributed by atoms with Crippen molar-refractivity contribution in [1.82, 2.24) is 4.90 Å². The Morgan fingerprint density at radius 2 is 2.14 bits per heavy atom. The Bertz CT molecular complexity index is 267. The standard InChI is InChI=1S/C8H11F2NO3/c1-5(12)11-4-8(9,10)3-6(11)2-7(13)14/h6H,2-4H2,1H3,(H,13,14). The minimum atomic E-state index is -2.95. The number of carbonyl (C=O) groups excluding carboxylic acids is 1. The zero-order chi connectivity index (χ0) is 10.9. The average Bonchev–Trinajstić information content (AvgIpc) is 2.24. The zero-order valence-electron chi connectivity index (χ0n) is 7.67. The molecule has 1 atom stereocenters. The Hall–Kier alpha value is -1.20. The molecule has 0 aromatic heterocycles. The van der Waals surface area contributed by atoms with Gasteiger partial charge in [0.15, 0.2) is 0 Å². The van der Waals surface area contributed by atoms with Crippen molar-refractivity contribution in [3.8, 4) is 0 Å². The lowest BCUT2D eigenvalue weighted by molar-refractivity contribution is -0.139. The normalized spacial score (nSPS) is 25.1. The van der Waals surface area contributed by atoms with Gasteiger partial charge in [0.2, 0.25) is 5.91 Å². The van der Waals surface area contributed by atoms with Gasteiger partial charge in [0.25, 0.3) is 5.92 Å². The van der Waals surface area contributed by atoms with Crippen LogP contribution >= 0.6 is 0 Å². The second-order valence-corrected chi connectivity index (χ2v) is 3.46. The van der Waals surface area contributed by atoms with Crippen LogP contribution in [0.5, 0.6) is 0 Å². The molecule has 1 heterocycles. The number of carboxylic acid groups (broad SMARTS) is 1. The molecule has 1 aliphatic heterocycles. The highest BCUT2D eigenvalue weighted by molar-refractivity contribution is 5.75. The minimum Gasteiger partial charge on any atom is -0.481 e. The summed E-state index contributed by atoms with van der Waals surface area (Å²) in [5, 5.41) is 8.46. The van der Waals surface area contributed by atoms with Crippen LogP contribution < -0.4 is 0 Å². The van der Waals surface area contributed by atoms with E-state index in [1.807, 2.05) is 0 Å². The lowest BCUT2D eigenvalue weighted by Gasteiger charge is -2.20. The monoisotopic (exact) mass is 207 g/mol. The van der Waals surface area contributed by atoms with Crippen molar-refractivity contribution in [2.24, 2.45) is 0 Å². The van der Waals surface area contributed by atoms with E-state index in [0.29, 0.717) is 0 Å². The van der Waals surface area contributed by atoms with Crippen molar-refractivity contribution >= 4 is 11.9 Å². The highest BCUT2D eigenvalue weighted by Crippen LogP contribution is 2.33. The number of nitrogens with zero attached hydrogens (tertiary/aromatic N) is 1. The molecular weight excluding hydrogens is 196 g/mol. The van der Waals surface area contributed by atoms with Crippen molar-refractivity contribution in [2.45, 2.75) is 31.7 Å². The van der Waals surface area contributed by atoms with Crippen molar-refractivity contribution in [3.63, 3.8) is 0 Å². The molecule has 6 heteroatoms. The highest BCUT2D eigenvalue weighted by atomic mass is 19.3. The van der Waals surface area contributed by atoms with Crippen LogP contribution in [0.2, 0.25) is 0 Å². The van der Waals surface area contributed by atoms with Gasteiger partial charge in [-0.15, -0.1) is 0 Å². The van der Waals surface area contributed by atoms with Gasteiger partial charge in [-0.2, -0.15) is 0 Å². The first-order valence-corrected chi connectivity index (χ1v) is 4.19. The maximum absolute atomic E-state index is 12.9. The summed E-state index contributed by atoms with van der Waals surface area (Å²) in [4.78, 5) is 22.2. The fourth-order valence-corrected chi connectivity index (χ4v) is 1.65. The highest BCUT2D eigenvalue weighted by Gasteiger charge is 2.46. The summed E-state index contributed by atoms with van der Waals surface area (Å²) in [7, 11) is 0. The molecule has 0 aromatic carbocycles. The summed E-state index contributed by atoms with van der Waals surface area (Å²) < 4.78 is 25.7. The third-order valence-corrected chi connectivity index (χ3v) is 2.19. The first-order chi connectivity index (χ1) is 6.32. The average molecular weight is 207 g/mol. The van der Waals surface area contributed by atoms with E-state index in [1.165, 1.54) is 0 Å². The third kappa shape index (κ3) is 2.40. The van der Waals surface area contributed by atoms with Crippen LogP contribution in [-0.2, 0) is 9.59 Å². The number of rotatable bonds is 2. The van der Waals surface area contributed by atoms with Gasteiger partial charge in [0.1, 0.15) is 0 Å². The van der Waals surface area contributed by atoms with E-state index >= 15 is 0 Å². The number of carboxylic acids is 1. The number of carbonyl (C=O) groups is 2. The smallest absolute Gasteiger partial charge is 0.305 e. The Morgan fingerprint density at radius 1 is 1.57 bits per heavy atom. The zero-order valence-corrected chi connectivity index (χ0v) is 7.67. The van der Waals surface area contributed by atoms with Crippen LogP contribution in [0.25, 0.3) is 0 Å². The fourth-order valence-electron chi connectivity index (χ4n) is 1.65. The lowest BCUT2D eigenvalue weighted by Crippen LogP contribution is -2.35. The molecule has 0 bridgehead atoms. The van der Waals surface area contributed by atoms with Crippen LogP contribution in [0.15, 0.2) is 0 Å². The number of aliphatic carboxylic acids is 1. The van der Waals surface area contributed by atoms with Crippen LogP contribution in [-0.4, -0.2) is 40.4 Å². The number of halogens is 2. The summed E-state index contributed by atoms with van der Waals surface area (Å²) in [6, 6.07) is -0.875. The van der Waals surface area contributed by atoms with Crippen molar-refractivity contribution < 1.29 is 23.5 Å². The van der Waals surface area contributed by atoms with Crippen molar-refractivity contribution in [3.05, 3.63) is 0 Å². The molecule has 0 aliphatic carbocycles. The van der Waals surface area contributed by atoms with Gasteiger partial charge in [0.05, 0.1) is 13.0 Å². The van der Waals surface area contributed by atoms with Crippen LogP contribution in [0, 0.1) is 0 Å². The van der Waals surface area contributed by atoms with E-state index in [2.05, 4.69) is 0 Å². The van der Waals surface area contributed by atoms with E-state index in [0.717, 1.165) is 11.8 Å². The quantitative estimate of drug-likeness (QED) is 0.725. The topological polar surface area (TPSA) is 57.6 Å². The number of hydrogen-bond acceptors (Lipinski definition) is 2. The molecule has 80 valence electrons. The molecule has 1 unspecified atom stereocenters. The fraction of sp³-hybridized carbons (Fsp3) is 0.750. The molecule has 0 spiro atoms. The predicted octanol–water partition coefficient (Wildman–Crippen LogP) is 0.717. The van der Waals surface area contributed by atoms with Crippen molar-refractivity contribution in [2.75, 3.05) is 6.54 Å². The van der Waals surface area contributed by atoms with E-state index in [4.69, 9.17) is 5.11 Å². The molecule has 1 aliphatic rings. The molecule has 1 rings (SSSR count). The summed E-state index contributed by atoms with van der Waals surface area (Å²) in [5.41, 5.74) is 0. The minimum absolute atomic E-state index is 0.421. The summed E-state index contributed by atoms with van der Waals surface area (Å²) in [6.07, 6.45) is -0.978. The largest absolute Gasteiger partial charge is 0.481 e. The molecule has 0 saturated carbocycles. The Labute approximate surface area is 79.5 Å². The Morgan fingerprint density at radius 3 is 2.57 bits per heavy atom. The molecule has 0 radical (unpaired) electrons. The molecule has 14 heavy (non-hydrogen) atoms. The van der Waals surface area contributed by atoms with Crippen LogP contribution in [0.1, 0.15) is 19.8 Å². The second kappa shape index (κ2) is 3.51. The van der Waals surface area contributed by atoms with Crippen molar-refractivity contribution in [1.29, 1.82) is 0 Å². The first-order valence-electron chi connectivity index (χ1n) is 4.19. The Kier molecular flexibility index (Phi) is 2.73. The molecule has 0 aromatic rings. The van der Waals surface area contributed by atoms with Gasteiger partial charge in [0, 0.05) is 19.4 Å². The van der Waals surface area contributed by atoms with Crippen LogP contribution in [0.4, 0.5) is 8.78 Å². The van der Waals surface area contributed by atoms with Gasteiger partial charge < -0.3 is 10.0 Å². The third-order valence-electron chi connectivity index (χ3n) is 2.19. The van der Waals surface area contributed by atoms with Gasteiger partial charge in [-0.05, 0) is 0 Å². The molecule has 1 saturated heterocycles. The van der Waals surface area contributed by atoms with Gasteiger partial charge in [-0.1, -0.05) is 0 Å². The van der Waals surface area contributed by atoms with E-state index < -0.39 is 43.2 Å². The van der Waals surface area contributed by atoms with E-state index in [-0.39, 0.29) is 0 Å². The first kappa shape index (κ1) is 10.9. The van der Waals surface area contributed by atoms with Crippen LogP contribution in [0.3, 0.4) is 0 Å². The summed E-state index contributed by atoms with van der Waals surface area (Å²) in [5.74, 6) is -4.63. The van der Waals surface area contributed by atoms with E-state index in [1.54, 1.807) is 0 Å². The van der Waals surface area contributed by atoms with Gasteiger partial charge >= 0.3 is 5.97 Å². The molecule has 4 nitrogen and oxygen atoms in total. The van der Waals surface area contributed by atoms with Gasteiger partial charge in [-0.25, -0.2) is 8.78 Å². The summed E-state index contributed by atoms with van der Waals surface area (Å²) in [6.45, 7) is 0.497. The Balaban J connectivity index is 2.72. The summed E-state index contributed by atoms with van der Waals surface area (Å²) >= 11 is 0. The number of likely N-dealkylation sites (tertiary alicyclic amines) is 1. The number of alkyl halides is 2. The van der Waals surface area contributed by atoms with Gasteiger partial charge in [-0.3, -0.25) is 9.59 Å². The maximum Gasteiger partial charge on any atom is 0.305 e. The lowest BCUT2D eigenvalue weighted by atomic mass is 10.1.